The van der Waals surface area contributed by atoms with Gasteiger partial charge in [-0.3, -0.25) is 9.59 Å². The second kappa shape index (κ2) is 25.0. The summed E-state index contributed by atoms with van der Waals surface area (Å²) in [5, 5.41) is -0.0757. The number of hydrogen-bond acceptors (Lipinski definition) is 10. The van der Waals surface area contributed by atoms with Crippen LogP contribution in [0, 0.1) is 29.6 Å². The molecule has 0 N–H and O–H groups in total. The highest BCUT2D eigenvalue weighted by Crippen LogP contribution is 2.43. The predicted molar refractivity (Wildman–Crippen MR) is 283 cm³/mol. The van der Waals surface area contributed by atoms with Crippen LogP contribution in [0.3, 0.4) is 0 Å². The number of rotatable bonds is 11. The molecule has 0 spiro atoms. The van der Waals surface area contributed by atoms with Gasteiger partial charge in [-0.15, -0.1) is 6.58 Å². The smallest absolute Gasteiger partial charge is 0.329 e. The molecule has 13 atom stereocenters. The number of methoxy groups -OCH3 is 3. The lowest BCUT2D eigenvalue weighted by Gasteiger charge is -2.44. The number of Topliss-reactive ketones (excluding diaryl/α,β-unsaturated/α-hetero) is 1. The van der Waals surface area contributed by atoms with Gasteiger partial charge in [-0.1, -0.05) is 86.1 Å². The van der Waals surface area contributed by atoms with Gasteiger partial charge in [0.1, 0.15) is 23.7 Å². The second-order valence-corrected chi connectivity index (χ2v) is 34.0. The molecule has 0 aromatic carbocycles. The Kier molecular flexibility index (Phi) is 21.5. The lowest BCUT2D eigenvalue weighted by molar-refractivity contribution is -0.162. The molecule has 3 aliphatic heterocycles. The summed E-state index contributed by atoms with van der Waals surface area (Å²) in [7, 11) is 0.634. The van der Waals surface area contributed by atoms with Crippen molar-refractivity contribution in [2.24, 2.45) is 29.6 Å². The molecular formula is C56H97NO10Si2. The Hall–Kier alpha value is -2.40. The van der Waals surface area contributed by atoms with Crippen LogP contribution in [0.1, 0.15) is 147 Å². The first kappa shape index (κ1) is 59.2. The van der Waals surface area contributed by atoms with E-state index in [-0.39, 0.29) is 70.4 Å². The molecule has 13 heteroatoms. The zero-order chi connectivity index (χ0) is 51.8. The van der Waals surface area contributed by atoms with E-state index in [0.29, 0.717) is 38.0 Å². The first-order valence-electron chi connectivity index (χ1n) is 26.4. The number of ketones is 1. The summed E-state index contributed by atoms with van der Waals surface area (Å²) in [6.07, 6.45) is 12.8. The van der Waals surface area contributed by atoms with Crippen LogP contribution in [-0.2, 0) is 46.9 Å². The number of carbonyl (C=O) groups excluding carboxylic acids is 3. The Morgan fingerprint density at radius 3 is 1.96 bits per heavy atom. The Labute approximate surface area is 421 Å². The normalized spacial score (nSPS) is 35.3. The van der Waals surface area contributed by atoms with Gasteiger partial charge in [0.2, 0.25) is 0 Å². The molecule has 0 aromatic heterocycles. The lowest BCUT2D eigenvalue weighted by atomic mass is 9.81. The lowest BCUT2D eigenvalue weighted by Crippen LogP contribution is -2.51. The number of cyclic esters (lactones) is 1. The number of amides is 1. The molecule has 0 unspecified atom stereocenters. The maximum absolute atomic E-state index is 15.0. The minimum Gasteiger partial charge on any atom is -0.489 e. The van der Waals surface area contributed by atoms with E-state index in [1.54, 1.807) is 32.3 Å². The summed E-state index contributed by atoms with van der Waals surface area (Å²) in [5.74, 6) is -0.619. The molecule has 1 saturated carbocycles. The van der Waals surface area contributed by atoms with E-state index in [1.165, 1.54) is 0 Å². The standard InChI is InChI=1S/C56H97NO10Si2/c1-20-23-42-29-36(2)28-37(3)30-49(62-14)53-50(63-15)32-38(4)46(64-53)35-51(59)57-27-22-21-24-43(57)54(60)65-52(40(6)47(34-44(42)58)67-69(18,19)56(10,11)12)39(5)31-41-25-26-45(48(33-41)61-13)66-68(16,17)55(7,8)9/h20,29,31,35,37-38,40-43,45,47-50,52-53H,1,21-28,30,32-34H2,2-19H3/b36-29+,39-31+,46-35+/t37-,38+,40+,41-,42+,43-,45+,47-,48+,49-,50-,52+,53+/m0/s1. The minimum atomic E-state index is -2.49. The molecule has 394 valence electrons. The molecule has 0 radical (unpaired) electrons. The van der Waals surface area contributed by atoms with Crippen molar-refractivity contribution in [1.82, 2.24) is 4.90 Å². The van der Waals surface area contributed by atoms with Crippen molar-refractivity contribution in [2.45, 2.75) is 232 Å². The monoisotopic (exact) mass is 1000 g/mol. The highest BCUT2D eigenvalue weighted by Gasteiger charge is 2.46. The Bertz CT molecular complexity index is 1830. The van der Waals surface area contributed by atoms with Gasteiger partial charge in [-0.25, -0.2) is 4.79 Å². The van der Waals surface area contributed by atoms with E-state index >= 15 is 0 Å². The maximum Gasteiger partial charge on any atom is 0.329 e. The number of piperidine rings is 1. The number of allylic oxidation sites excluding steroid dienone is 5. The van der Waals surface area contributed by atoms with E-state index in [4.69, 9.17) is 32.5 Å². The van der Waals surface area contributed by atoms with Gasteiger partial charge < -0.3 is 37.4 Å². The van der Waals surface area contributed by atoms with E-state index in [0.717, 1.165) is 49.7 Å². The van der Waals surface area contributed by atoms with E-state index < -0.39 is 58.8 Å². The van der Waals surface area contributed by atoms with Crippen LogP contribution < -0.4 is 0 Å². The van der Waals surface area contributed by atoms with Crippen molar-refractivity contribution in [3.63, 3.8) is 0 Å². The molecule has 4 aliphatic rings. The summed E-state index contributed by atoms with van der Waals surface area (Å²) >= 11 is 0. The van der Waals surface area contributed by atoms with Crippen molar-refractivity contribution in [2.75, 3.05) is 27.9 Å². The average molecular weight is 1000 g/mol. The highest BCUT2D eigenvalue weighted by atomic mass is 28.4. The summed E-state index contributed by atoms with van der Waals surface area (Å²) < 4.78 is 46.2. The molecular weight excluding hydrogens is 903 g/mol. The third-order valence-corrected chi connectivity index (χ3v) is 25.9. The fourth-order valence-corrected chi connectivity index (χ4v) is 13.3. The van der Waals surface area contributed by atoms with E-state index in [2.05, 4.69) is 121 Å². The molecule has 1 aliphatic carbocycles. The van der Waals surface area contributed by atoms with Crippen molar-refractivity contribution >= 4 is 34.3 Å². The first-order chi connectivity index (χ1) is 32.1. The van der Waals surface area contributed by atoms with Crippen LogP contribution in [0.2, 0.25) is 36.3 Å². The number of fused-ring (bicyclic) bond motifs is 3. The van der Waals surface area contributed by atoms with Crippen molar-refractivity contribution in [3.05, 3.63) is 47.8 Å². The zero-order valence-corrected chi connectivity index (χ0v) is 48.5. The SMILES string of the molecule is C=CC[C@@H]1/C=C(\C)C[C@H](C)C[C@H](OC)[C@H]2O/C(=C/C(=O)N3CCCC[C@H]3C(=O)O[C@H](/C(C)=C/[C@@H]3CC[C@@H](O[Si](C)(C)C(C)(C)C)[C@H](OC)C3)[C@H](C)[C@@H](O[Si](C)(C)C(C)(C)C)CC1=O)[C@H](C)C[C@@H]2OC. The third-order valence-electron chi connectivity index (χ3n) is 16.9. The quantitative estimate of drug-likeness (QED) is 0.112. The Morgan fingerprint density at radius 2 is 1.38 bits per heavy atom. The molecule has 4 rings (SSSR count). The van der Waals surface area contributed by atoms with Crippen molar-refractivity contribution < 1.29 is 46.9 Å². The van der Waals surface area contributed by atoms with E-state index in [9.17, 15) is 14.4 Å². The number of carbonyl (C=O) groups is 3. The van der Waals surface area contributed by atoms with Crippen LogP contribution in [0.25, 0.3) is 0 Å². The molecule has 3 heterocycles. The number of esters is 1. The Balaban J connectivity index is 1.86. The number of ether oxygens (including phenoxy) is 5. The fraction of sp³-hybridized carbons (Fsp3) is 0.804. The number of nitrogens with zero attached hydrogens (tertiary/aromatic N) is 1. The van der Waals surface area contributed by atoms with Crippen LogP contribution >= 0.6 is 0 Å². The van der Waals surface area contributed by atoms with Gasteiger partial charge >= 0.3 is 5.97 Å². The Morgan fingerprint density at radius 1 is 0.783 bits per heavy atom. The van der Waals surface area contributed by atoms with Crippen molar-refractivity contribution in [1.29, 1.82) is 0 Å². The van der Waals surface area contributed by atoms with Crippen molar-refractivity contribution in [3.8, 4) is 0 Å². The van der Waals surface area contributed by atoms with Crippen LogP contribution in [0.4, 0.5) is 0 Å². The highest BCUT2D eigenvalue weighted by molar-refractivity contribution is 6.74. The number of hydrogen-bond donors (Lipinski definition) is 0. The molecule has 3 fully saturated rings. The van der Waals surface area contributed by atoms with Gasteiger partial charge in [0.15, 0.2) is 22.7 Å². The average Bonchev–Trinajstić information content (AvgIpc) is 3.26. The van der Waals surface area contributed by atoms with Gasteiger partial charge in [0.05, 0.1) is 30.5 Å². The second-order valence-electron chi connectivity index (χ2n) is 24.5. The summed E-state index contributed by atoms with van der Waals surface area (Å²) in [4.78, 5) is 46.1. The molecule has 0 aromatic rings. The van der Waals surface area contributed by atoms with E-state index in [1.807, 2.05) is 6.08 Å². The molecule has 11 nitrogen and oxygen atoms in total. The third kappa shape index (κ3) is 15.6. The van der Waals surface area contributed by atoms with Gasteiger partial charge in [-0.2, -0.15) is 0 Å². The van der Waals surface area contributed by atoms with Crippen LogP contribution in [0.5, 0.6) is 0 Å². The molecule has 69 heavy (non-hydrogen) atoms. The predicted octanol–water partition coefficient (Wildman–Crippen LogP) is 12.3. The summed E-state index contributed by atoms with van der Waals surface area (Å²) in [6.45, 7) is 37.5. The fourth-order valence-electron chi connectivity index (χ4n) is 10.5. The van der Waals surface area contributed by atoms with Crippen LogP contribution in [-0.4, -0.2) is 116 Å². The topological polar surface area (TPSA) is 119 Å². The molecule has 2 bridgehead atoms. The first-order valence-corrected chi connectivity index (χ1v) is 32.2. The van der Waals surface area contributed by atoms with Gasteiger partial charge in [-0.05, 0) is 132 Å². The van der Waals surface area contributed by atoms with Gasteiger partial charge in [0.25, 0.3) is 5.91 Å². The molecule has 2 saturated heterocycles. The van der Waals surface area contributed by atoms with Crippen LogP contribution in [0.15, 0.2) is 47.8 Å². The largest absolute Gasteiger partial charge is 0.489 e. The summed E-state index contributed by atoms with van der Waals surface area (Å²) in [6, 6.07) is -0.791. The minimum absolute atomic E-state index is 0.00469. The summed E-state index contributed by atoms with van der Waals surface area (Å²) in [5.41, 5.74) is 2.03. The molecule has 1 amide bonds. The maximum atomic E-state index is 15.0. The van der Waals surface area contributed by atoms with Gasteiger partial charge in [0, 0.05) is 58.1 Å². The zero-order valence-electron chi connectivity index (χ0n) is 46.5.